The minimum Gasteiger partial charge on any atom is -0.291 e. The lowest BCUT2D eigenvalue weighted by Gasteiger charge is -2.19. The summed E-state index contributed by atoms with van der Waals surface area (Å²) in [6, 6.07) is 7.13. The van der Waals surface area contributed by atoms with Gasteiger partial charge < -0.3 is 0 Å². The number of carbonyl (C=O) groups is 1. The van der Waals surface area contributed by atoms with Gasteiger partial charge in [-0.05, 0) is 24.3 Å². The van der Waals surface area contributed by atoms with Gasteiger partial charge in [0.15, 0.2) is 6.67 Å². The molecule has 0 spiro atoms. The van der Waals surface area contributed by atoms with Gasteiger partial charge in [0.25, 0.3) is 0 Å². The van der Waals surface area contributed by atoms with Gasteiger partial charge in [0, 0.05) is 11.9 Å². The normalized spacial score (nSPS) is 14.9. The highest BCUT2D eigenvalue weighted by Gasteiger charge is 2.14. The molecule has 0 aromatic heterocycles. The van der Waals surface area contributed by atoms with Crippen LogP contribution in [0.4, 0.5) is 5.69 Å². The Labute approximate surface area is 97.4 Å². The third-order valence-electron chi connectivity index (χ3n) is 2.02. The molecule has 1 aromatic carbocycles. The summed E-state index contributed by atoms with van der Waals surface area (Å²) in [5.74, 6) is -0.0939. The second-order valence-electron chi connectivity index (χ2n) is 3.24. The van der Waals surface area contributed by atoms with Crippen LogP contribution in [-0.2, 0) is 4.79 Å². The molecule has 1 aliphatic rings. The van der Waals surface area contributed by atoms with Gasteiger partial charge in [-0.25, -0.2) is 5.01 Å². The molecule has 0 saturated carbocycles. The maximum absolute atomic E-state index is 11.1. The van der Waals surface area contributed by atoms with Crippen molar-refractivity contribution < 1.29 is 4.79 Å². The van der Waals surface area contributed by atoms with Crippen LogP contribution in [0.2, 0.25) is 5.02 Å². The molecular formula is C10H9ClN4O. The van der Waals surface area contributed by atoms with Crippen LogP contribution in [0.25, 0.3) is 0 Å². The summed E-state index contributed by atoms with van der Waals surface area (Å²) < 4.78 is 0. The van der Waals surface area contributed by atoms with E-state index in [1.54, 1.807) is 17.1 Å². The Bertz CT molecular complexity index is 466. The topological polar surface area (TPSA) is 57.4 Å². The highest BCUT2D eigenvalue weighted by Crippen LogP contribution is 2.19. The maximum atomic E-state index is 11.1. The van der Waals surface area contributed by atoms with Crippen molar-refractivity contribution in [1.29, 1.82) is 0 Å². The molecule has 1 aliphatic heterocycles. The van der Waals surface area contributed by atoms with E-state index in [-0.39, 0.29) is 11.6 Å². The number of hydrazone groups is 1. The lowest BCUT2D eigenvalue weighted by Crippen LogP contribution is -2.24. The molecule has 82 valence electrons. The van der Waals surface area contributed by atoms with Crippen LogP contribution in [-0.4, -0.2) is 18.3 Å². The minimum absolute atomic E-state index is 0.112. The number of hydrogen-bond acceptors (Lipinski definition) is 5. The van der Waals surface area contributed by atoms with Crippen molar-refractivity contribution in [2.75, 3.05) is 11.7 Å². The summed E-state index contributed by atoms with van der Waals surface area (Å²) in [4.78, 5) is 11.1. The zero-order valence-corrected chi connectivity index (χ0v) is 9.35. The molecule has 0 bridgehead atoms. The Morgan fingerprint density at radius 1 is 1.38 bits per heavy atom. The van der Waals surface area contributed by atoms with Gasteiger partial charge in [-0.2, -0.15) is 5.11 Å². The van der Waals surface area contributed by atoms with Gasteiger partial charge in [0.2, 0.25) is 11.6 Å². The van der Waals surface area contributed by atoms with Crippen molar-refractivity contribution in [2.24, 2.45) is 15.3 Å². The summed E-state index contributed by atoms with van der Waals surface area (Å²) in [5.41, 5.74) is 0.821. The average Bonchev–Trinajstić information content (AvgIpc) is 2.30. The monoisotopic (exact) mass is 236 g/mol. The highest BCUT2D eigenvalue weighted by molar-refractivity contribution is 6.38. The molecule has 0 atom stereocenters. The fourth-order valence-corrected chi connectivity index (χ4v) is 1.34. The zero-order valence-electron chi connectivity index (χ0n) is 8.59. The fraction of sp³-hybridized carbons (Fsp3) is 0.200. The predicted octanol–water partition coefficient (Wildman–Crippen LogP) is 2.47. The summed E-state index contributed by atoms with van der Waals surface area (Å²) in [5, 5.41) is 13.8. The first-order valence-corrected chi connectivity index (χ1v) is 5.05. The number of benzene rings is 1. The third-order valence-corrected chi connectivity index (χ3v) is 2.27. The van der Waals surface area contributed by atoms with Gasteiger partial charge in [-0.1, -0.05) is 11.6 Å². The van der Waals surface area contributed by atoms with Gasteiger partial charge in [-0.15, -0.1) is 10.2 Å². The van der Waals surface area contributed by atoms with E-state index in [0.717, 1.165) is 5.69 Å². The van der Waals surface area contributed by atoms with E-state index in [0.29, 0.717) is 11.7 Å². The Kier molecular flexibility index (Phi) is 2.96. The highest BCUT2D eigenvalue weighted by atomic mass is 35.5. The second-order valence-corrected chi connectivity index (χ2v) is 3.68. The fourth-order valence-electron chi connectivity index (χ4n) is 1.22. The van der Waals surface area contributed by atoms with Gasteiger partial charge in [0.05, 0.1) is 5.69 Å². The van der Waals surface area contributed by atoms with E-state index < -0.39 is 0 Å². The molecule has 0 N–H and O–H groups in total. The Balaban J connectivity index is 2.26. The maximum Gasteiger partial charge on any atom is 0.236 e. The lowest BCUT2D eigenvalue weighted by molar-refractivity contribution is -0.111. The molecule has 0 fully saturated rings. The number of nitrogens with zero attached hydrogens (tertiary/aromatic N) is 4. The molecule has 0 aliphatic carbocycles. The number of carbonyl (C=O) groups excluding carboxylic acids is 1. The van der Waals surface area contributed by atoms with Crippen LogP contribution in [0.3, 0.4) is 0 Å². The molecule has 0 saturated heterocycles. The molecule has 2 rings (SSSR count). The van der Waals surface area contributed by atoms with Crippen LogP contribution in [0.1, 0.15) is 6.92 Å². The van der Waals surface area contributed by atoms with Crippen LogP contribution in [0.5, 0.6) is 0 Å². The standard InChI is InChI=1S/C10H9ClN4O/c1-7(16)10-13-12-6-15(14-10)9-4-2-8(11)3-5-9/h2-5H,6H2,1H3. The van der Waals surface area contributed by atoms with Crippen LogP contribution in [0, 0.1) is 0 Å². The van der Waals surface area contributed by atoms with Crippen molar-refractivity contribution >= 4 is 28.9 Å². The molecule has 16 heavy (non-hydrogen) atoms. The number of halogens is 1. The van der Waals surface area contributed by atoms with E-state index in [1.165, 1.54) is 6.92 Å². The van der Waals surface area contributed by atoms with Crippen LogP contribution in [0.15, 0.2) is 39.6 Å². The Morgan fingerprint density at radius 3 is 2.69 bits per heavy atom. The molecule has 0 radical (unpaired) electrons. The zero-order chi connectivity index (χ0) is 11.5. The number of Topliss-reactive ketones (excluding diaryl/α,β-unsaturated/α-hetero) is 1. The molecular weight excluding hydrogens is 228 g/mol. The number of ketones is 1. The number of azo groups is 1. The molecule has 0 unspecified atom stereocenters. The first-order valence-electron chi connectivity index (χ1n) is 4.67. The third kappa shape index (κ3) is 2.25. The van der Waals surface area contributed by atoms with E-state index >= 15 is 0 Å². The number of hydrogen-bond donors (Lipinski definition) is 0. The summed E-state index contributed by atoms with van der Waals surface area (Å²) in [6.45, 7) is 1.71. The average molecular weight is 237 g/mol. The van der Waals surface area contributed by atoms with Crippen molar-refractivity contribution in [3.8, 4) is 0 Å². The van der Waals surface area contributed by atoms with Gasteiger partial charge in [0.1, 0.15) is 0 Å². The molecule has 5 nitrogen and oxygen atoms in total. The summed E-state index contributed by atoms with van der Waals surface area (Å²) in [6.07, 6.45) is 0. The molecule has 6 heteroatoms. The number of amidine groups is 1. The molecule has 1 aromatic rings. The first-order chi connectivity index (χ1) is 7.66. The number of anilines is 1. The first kappa shape index (κ1) is 10.8. The van der Waals surface area contributed by atoms with Crippen molar-refractivity contribution in [2.45, 2.75) is 6.92 Å². The lowest BCUT2D eigenvalue weighted by atomic mass is 10.3. The van der Waals surface area contributed by atoms with Crippen molar-refractivity contribution in [1.82, 2.24) is 0 Å². The SMILES string of the molecule is CC(=O)C1=NN(c2ccc(Cl)cc2)CN=N1. The number of rotatable bonds is 2. The second kappa shape index (κ2) is 4.40. The minimum atomic E-state index is -0.206. The van der Waals surface area contributed by atoms with E-state index in [4.69, 9.17) is 11.6 Å². The Morgan fingerprint density at radius 2 is 2.06 bits per heavy atom. The summed E-state index contributed by atoms with van der Waals surface area (Å²) >= 11 is 5.78. The van der Waals surface area contributed by atoms with E-state index in [1.807, 2.05) is 12.1 Å². The van der Waals surface area contributed by atoms with Gasteiger partial charge >= 0.3 is 0 Å². The largest absolute Gasteiger partial charge is 0.291 e. The molecule has 1 heterocycles. The van der Waals surface area contributed by atoms with Crippen LogP contribution >= 0.6 is 11.6 Å². The van der Waals surface area contributed by atoms with Crippen LogP contribution < -0.4 is 5.01 Å². The molecule has 0 amide bonds. The summed E-state index contributed by atoms with van der Waals surface area (Å²) in [7, 11) is 0. The van der Waals surface area contributed by atoms with E-state index in [9.17, 15) is 4.79 Å². The predicted molar refractivity (Wildman–Crippen MR) is 61.8 cm³/mol. The van der Waals surface area contributed by atoms with Crippen molar-refractivity contribution in [3.05, 3.63) is 29.3 Å². The van der Waals surface area contributed by atoms with Crippen molar-refractivity contribution in [3.63, 3.8) is 0 Å². The van der Waals surface area contributed by atoms with Gasteiger partial charge in [-0.3, -0.25) is 4.79 Å². The van der Waals surface area contributed by atoms with E-state index in [2.05, 4.69) is 15.3 Å². The quantitative estimate of drug-likeness (QED) is 0.792. The smallest absolute Gasteiger partial charge is 0.236 e. The Hall–Kier alpha value is -1.75.